The Morgan fingerprint density at radius 3 is 2.33 bits per heavy atom. The van der Waals surface area contributed by atoms with Gasteiger partial charge in [-0.05, 0) is 62.2 Å². The van der Waals surface area contributed by atoms with Gasteiger partial charge in [0.05, 0.1) is 13.2 Å². The maximum atomic E-state index is 13.9. The minimum absolute atomic E-state index is 0.101. The average Bonchev–Trinajstić information content (AvgIpc) is 2.45. The van der Waals surface area contributed by atoms with Gasteiger partial charge in [-0.25, -0.2) is 4.39 Å². The first kappa shape index (κ1) is 15.5. The molecule has 0 aliphatic rings. The minimum Gasteiger partial charge on any atom is -0.496 e. The van der Waals surface area contributed by atoms with E-state index in [1.165, 1.54) is 0 Å². The van der Waals surface area contributed by atoms with Gasteiger partial charge < -0.3 is 10.1 Å². The van der Waals surface area contributed by atoms with Crippen molar-refractivity contribution >= 4 is 0 Å². The Kier molecular flexibility index (Phi) is 4.63. The van der Waals surface area contributed by atoms with Crippen LogP contribution in [-0.2, 0) is 0 Å². The summed E-state index contributed by atoms with van der Waals surface area (Å²) in [5, 5.41) is 3.27. The van der Waals surface area contributed by atoms with Crippen LogP contribution in [0.25, 0.3) is 0 Å². The molecule has 2 aromatic rings. The maximum absolute atomic E-state index is 13.9. The van der Waals surface area contributed by atoms with Crippen LogP contribution >= 0.6 is 0 Å². The van der Waals surface area contributed by atoms with Crippen LogP contribution in [0.2, 0.25) is 0 Å². The van der Waals surface area contributed by atoms with E-state index in [2.05, 4.69) is 18.3 Å². The van der Waals surface area contributed by atoms with Gasteiger partial charge >= 0.3 is 0 Å². The van der Waals surface area contributed by atoms with Crippen molar-refractivity contribution in [2.75, 3.05) is 14.2 Å². The molecule has 0 fully saturated rings. The molecule has 0 saturated heterocycles. The minimum atomic E-state index is -0.184. The predicted octanol–water partition coefficient (Wildman–Crippen LogP) is 4.07. The Morgan fingerprint density at radius 2 is 1.76 bits per heavy atom. The van der Waals surface area contributed by atoms with Crippen LogP contribution < -0.4 is 10.1 Å². The standard InChI is InChI=1S/C18H22FNO/c1-11-8-13(3)17(16(9-11)21-5)18(20-4)14-7-6-12(2)15(19)10-14/h6-10,18,20H,1-5H3. The quantitative estimate of drug-likeness (QED) is 0.915. The number of hydrogen-bond acceptors (Lipinski definition) is 2. The number of ether oxygens (including phenoxy) is 1. The monoisotopic (exact) mass is 287 g/mol. The van der Waals surface area contributed by atoms with Crippen molar-refractivity contribution < 1.29 is 9.13 Å². The number of aryl methyl sites for hydroxylation is 3. The number of hydrogen-bond donors (Lipinski definition) is 1. The maximum Gasteiger partial charge on any atom is 0.126 e. The van der Waals surface area contributed by atoms with E-state index in [-0.39, 0.29) is 11.9 Å². The third-order valence-electron chi connectivity index (χ3n) is 3.82. The summed E-state index contributed by atoms with van der Waals surface area (Å²) in [6.07, 6.45) is 0. The number of rotatable bonds is 4. The summed E-state index contributed by atoms with van der Waals surface area (Å²) in [5.41, 5.74) is 4.88. The molecule has 0 spiro atoms. The van der Waals surface area contributed by atoms with Gasteiger partial charge in [-0.15, -0.1) is 0 Å². The number of nitrogens with one attached hydrogen (secondary N) is 1. The van der Waals surface area contributed by atoms with Crippen LogP contribution in [0.15, 0.2) is 30.3 Å². The van der Waals surface area contributed by atoms with Crippen LogP contribution in [0.1, 0.15) is 33.9 Å². The van der Waals surface area contributed by atoms with Crippen molar-refractivity contribution in [1.29, 1.82) is 0 Å². The lowest BCUT2D eigenvalue weighted by molar-refractivity contribution is 0.404. The van der Waals surface area contributed by atoms with Gasteiger partial charge in [0.15, 0.2) is 0 Å². The average molecular weight is 287 g/mol. The summed E-state index contributed by atoms with van der Waals surface area (Å²) in [5.74, 6) is 0.643. The van der Waals surface area contributed by atoms with Crippen molar-refractivity contribution in [2.24, 2.45) is 0 Å². The van der Waals surface area contributed by atoms with Crippen molar-refractivity contribution in [3.8, 4) is 5.75 Å². The van der Waals surface area contributed by atoms with E-state index in [1.807, 2.05) is 32.2 Å². The molecule has 0 radical (unpaired) electrons. The topological polar surface area (TPSA) is 21.3 Å². The van der Waals surface area contributed by atoms with Crippen LogP contribution in [-0.4, -0.2) is 14.2 Å². The van der Waals surface area contributed by atoms with E-state index in [0.29, 0.717) is 5.56 Å². The second-order valence-electron chi connectivity index (χ2n) is 5.43. The lowest BCUT2D eigenvalue weighted by Gasteiger charge is -2.23. The molecule has 0 heterocycles. The van der Waals surface area contributed by atoms with Crippen LogP contribution in [0.3, 0.4) is 0 Å². The number of methoxy groups -OCH3 is 1. The SMILES string of the molecule is CNC(c1ccc(C)c(F)c1)c1c(C)cc(C)cc1OC. The lowest BCUT2D eigenvalue weighted by Crippen LogP contribution is -2.20. The van der Waals surface area contributed by atoms with Gasteiger partial charge in [0.1, 0.15) is 11.6 Å². The zero-order chi connectivity index (χ0) is 15.6. The molecular formula is C18H22FNO. The summed E-state index contributed by atoms with van der Waals surface area (Å²) in [6.45, 7) is 5.87. The highest BCUT2D eigenvalue weighted by atomic mass is 19.1. The third-order valence-corrected chi connectivity index (χ3v) is 3.82. The molecule has 1 N–H and O–H groups in total. The number of halogens is 1. The Bertz CT molecular complexity index is 652. The molecule has 1 atom stereocenters. The predicted molar refractivity (Wildman–Crippen MR) is 84.5 cm³/mol. The second kappa shape index (κ2) is 6.27. The fraction of sp³-hybridized carbons (Fsp3) is 0.333. The van der Waals surface area contributed by atoms with Crippen molar-refractivity contribution in [1.82, 2.24) is 5.32 Å². The highest BCUT2D eigenvalue weighted by Gasteiger charge is 2.20. The van der Waals surface area contributed by atoms with E-state index >= 15 is 0 Å². The molecule has 0 aliphatic carbocycles. The first-order chi connectivity index (χ1) is 9.97. The Hall–Kier alpha value is -1.87. The molecule has 0 saturated carbocycles. The Morgan fingerprint density at radius 1 is 1.05 bits per heavy atom. The van der Waals surface area contributed by atoms with E-state index in [0.717, 1.165) is 28.0 Å². The van der Waals surface area contributed by atoms with Gasteiger partial charge in [-0.3, -0.25) is 0 Å². The molecule has 2 rings (SSSR count). The summed E-state index contributed by atoms with van der Waals surface area (Å²) in [6, 6.07) is 9.39. The molecular weight excluding hydrogens is 265 g/mol. The first-order valence-corrected chi connectivity index (χ1v) is 7.06. The van der Waals surface area contributed by atoms with E-state index < -0.39 is 0 Å². The van der Waals surface area contributed by atoms with E-state index in [9.17, 15) is 4.39 Å². The van der Waals surface area contributed by atoms with Gasteiger partial charge in [-0.1, -0.05) is 18.2 Å². The third kappa shape index (κ3) is 3.08. The van der Waals surface area contributed by atoms with Crippen LogP contribution in [0.4, 0.5) is 4.39 Å². The van der Waals surface area contributed by atoms with Crippen molar-refractivity contribution in [3.05, 3.63) is 64.0 Å². The summed E-state index contributed by atoms with van der Waals surface area (Å²) in [4.78, 5) is 0. The molecule has 0 bridgehead atoms. The fourth-order valence-corrected chi connectivity index (χ4v) is 2.74. The molecule has 3 heteroatoms. The van der Waals surface area contributed by atoms with Gasteiger partial charge in [-0.2, -0.15) is 0 Å². The zero-order valence-corrected chi connectivity index (χ0v) is 13.3. The van der Waals surface area contributed by atoms with E-state index in [1.54, 1.807) is 20.1 Å². The van der Waals surface area contributed by atoms with Gasteiger partial charge in [0.2, 0.25) is 0 Å². The molecule has 0 aromatic heterocycles. The molecule has 0 aliphatic heterocycles. The molecule has 2 nitrogen and oxygen atoms in total. The highest BCUT2D eigenvalue weighted by Crippen LogP contribution is 2.34. The first-order valence-electron chi connectivity index (χ1n) is 7.06. The Balaban J connectivity index is 2.58. The molecule has 2 aromatic carbocycles. The summed E-state index contributed by atoms with van der Waals surface area (Å²) < 4.78 is 19.4. The largest absolute Gasteiger partial charge is 0.496 e. The van der Waals surface area contributed by atoms with Crippen LogP contribution in [0, 0.1) is 26.6 Å². The number of benzene rings is 2. The summed E-state index contributed by atoms with van der Waals surface area (Å²) >= 11 is 0. The molecule has 112 valence electrons. The molecule has 1 unspecified atom stereocenters. The second-order valence-corrected chi connectivity index (χ2v) is 5.43. The highest BCUT2D eigenvalue weighted by molar-refractivity contribution is 5.49. The lowest BCUT2D eigenvalue weighted by atomic mass is 9.92. The smallest absolute Gasteiger partial charge is 0.126 e. The Labute approximate surface area is 126 Å². The molecule has 21 heavy (non-hydrogen) atoms. The van der Waals surface area contributed by atoms with Crippen molar-refractivity contribution in [2.45, 2.75) is 26.8 Å². The summed E-state index contributed by atoms with van der Waals surface area (Å²) in [7, 11) is 3.54. The van der Waals surface area contributed by atoms with Gasteiger partial charge in [0.25, 0.3) is 0 Å². The van der Waals surface area contributed by atoms with Crippen LogP contribution in [0.5, 0.6) is 5.75 Å². The van der Waals surface area contributed by atoms with Gasteiger partial charge in [0, 0.05) is 5.56 Å². The molecule has 0 amide bonds. The van der Waals surface area contributed by atoms with E-state index in [4.69, 9.17) is 4.74 Å². The normalized spacial score (nSPS) is 12.3. The zero-order valence-electron chi connectivity index (χ0n) is 13.3. The fourth-order valence-electron chi connectivity index (χ4n) is 2.74. The van der Waals surface area contributed by atoms with Crippen molar-refractivity contribution in [3.63, 3.8) is 0 Å².